The molecule has 0 aromatic rings. The third-order valence-electron chi connectivity index (χ3n) is 1.71. The lowest BCUT2D eigenvalue weighted by Crippen LogP contribution is -2.28. The van der Waals surface area contributed by atoms with Gasteiger partial charge in [0.1, 0.15) is 10.5 Å². The van der Waals surface area contributed by atoms with Gasteiger partial charge < -0.3 is 9.33 Å². The highest BCUT2D eigenvalue weighted by Crippen LogP contribution is 2.11. The molecule has 0 aromatic carbocycles. The van der Waals surface area contributed by atoms with Gasteiger partial charge in [-0.15, -0.1) is 0 Å². The molecule has 0 radical (unpaired) electrons. The summed E-state index contributed by atoms with van der Waals surface area (Å²) in [5.74, 6) is 0. The van der Waals surface area contributed by atoms with Crippen LogP contribution in [0.25, 0.3) is 0 Å². The molecule has 0 bridgehead atoms. The van der Waals surface area contributed by atoms with Gasteiger partial charge in [0.25, 0.3) is 0 Å². The second-order valence-electron chi connectivity index (χ2n) is 3.52. The Hall–Kier alpha value is 0.137. The Kier molecular flexibility index (Phi) is 4.16. The predicted octanol–water partition coefficient (Wildman–Crippen LogP) is 0.0137. The minimum Gasteiger partial charge on any atom is -0.423 e. The van der Waals surface area contributed by atoms with E-state index in [0.717, 1.165) is 23.5 Å². The second-order valence-corrected chi connectivity index (χ2v) is 3.93. The zero-order valence-electron chi connectivity index (χ0n) is 7.77. The number of nitrogens with zero attached hydrogens (tertiary/aromatic N) is 1. The number of hydrogen-bond donors (Lipinski definition) is 0. The van der Waals surface area contributed by atoms with Crippen molar-refractivity contribution in [3.05, 3.63) is 0 Å². The maximum Gasteiger partial charge on any atom is 0.146 e. The van der Waals surface area contributed by atoms with Crippen LogP contribution in [0.1, 0.15) is 20.3 Å². The summed E-state index contributed by atoms with van der Waals surface area (Å²) >= 11 is 0. The smallest absolute Gasteiger partial charge is 0.146 e. The largest absolute Gasteiger partial charge is 0.423 e. The van der Waals surface area contributed by atoms with Crippen molar-refractivity contribution < 1.29 is 4.43 Å². The summed E-state index contributed by atoms with van der Waals surface area (Å²) in [5.41, 5.74) is 0.0937. The van der Waals surface area contributed by atoms with Crippen molar-refractivity contribution >= 4 is 10.5 Å². The first-order valence-corrected chi connectivity index (χ1v) is 4.49. The molecule has 0 heterocycles. The molecule has 0 saturated carbocycles. The molecule has 2 nitrogen and oxygen atoms in total. The van der Waals surface area contributed by atoms with Crippen LogP contribution in [-0.4, -0.2) is 41.6 Å². The van der Waals surface area contributed by atoms with Crippen LogP contribution in [-0.2, 0) is 4.43 Å². The van der Waals surface area contributed by atoms with Crippen molar-refractivity contribution in [3.8, 4) is 0 Å². The van der Waals surface area contributed by atoms with Crippen LogP contribution in [0.15, 0.2) is 0 Å². The normalized spacial score (nSPS) is 12.9. The van der Waals surface area contributed by atoms with Crippen LogP contribution in [0.5, 0.6) is 0 Å². The third-order valence-corrected chi connectivity index (χ3v) is 2.82. The van der Waals surface area contributed by atoms with Gasteiger partial charge in [-0.3, -0.25) is 0 Å². The fraction of sp³-hybridized carbons (Fsp3) is 1.00. The minimum absolute atomic E-state index is 0.0937. The van der Waals surface area contributed by atoms with Crippen LogP contribution in [0.2, 0.25) is 0 Å². The zero-order chi connectivity index (χ0) is 8.20. The summed E-state index contributed by atoms with van der Waals surface area (Å²) in [7, 11) is 5.01. The SMILES string of the molecule is CN(C)CCC(C)(C)O[SiH3]. The molecule has 0 aliphatic rings. The summed E-state index contributed by atoms with van der Waals surface area (Å²) in [4.78, 5) is 2.18. The molecule has 0 aliphatic carbocycles. The lowest BCUT2D eigenvalue weighted by molar-refractivity contribution is 0.102. The summed E-state index contributed by atoms with van der Waals surface area (Å²) in [6.07, 6.45) is 1.11. The van der Waals surface area contributed by atoms with E-state index in [1.807, 2.05) is 0 Å². The Balaban J connectivity index is 3.46. The Morgan fingerprint density at radius 2 is 1.90 bits per heavy atom. The fourth-order valence-electron chi connectivity index (χ4n) is 0.595. The first-order valence-electron chi connectivity index (χ1n) is 3.68. The van der Waals surface area contributed by atoms with Crippen LogP contribution in [0.4, 0.5) is 0 Å². The lowest BCUT2D eigenvalue weighted by Gasteiger charge is -2.25. The summed E-state index contributed by atoms with van der Waals surface area (Å²) in [6, 6.07) is 0. The maximum atomic E-state index is 5.40. The highest BCUT2D eigenvalue weighted by molar-refractivity contribution is 5.98. The first-order chi connectivity index (χ1) is 4.48. The molecule has 0 spiro atoms. The number of hydrogen-bond acceptors (Lipinski definition) is 2. The average molecular weight is 161 g/mol. The Bertz CT molecular complexity index is 93.6. The lowest BCUT2D eigenvalue weighted by atomic mass is 10.1. The van der Waals surface area contributed by atoms with Gasteiger partial charge in [0.15, 0.2) is 0 Å². The van der Waals surface area contributed by atoms with Crippen molar-refractivity contribution in [1.82, 2.24) is 4.90 Å². The van der Waals surface area contributed by atoms with E-state index in [-0.39, 0.29) is 5.60 Å². The highest BCUT2D eigenvalue weighted by Gasteiger charge is 2.14. The van der Waals surface area contributed by atoms with E-state index in [0.29, 0.717) is 0 Å². The van der Waals surface area contributed by atoms with Crippen LogP contribution in [0.3, 0.4) is 0 Å². The van der Waals surface area contributed by atoms with E-state index < -0.39 is 0 Å². The van der Waals surface area contributed by atoms with Gasteiger partial charge in [-0.1, -0.05) is 0 Å². The fourth-order valence-corrected chi connectivity index (χ4v) is 0.799. The summed E-state index contributed by atoms with van der Waals surface area (Å²) < 4.78 is 5.40. The second kappa shape index (κ2) is 4.11. The van der Waals surface area contributed by atoms with Gasteiger partial charge in [-0.05, 0) is 34.4 Å². The molecule has 0 rings (SSSR count). The van der Waals surface area contributed by atoms with E-state index in [1.165, 1.54) is 0 Å². The minimum atomic E-state index is 0.0937. The Morgan fingerprint density at radius 1 is 1.40 bits per heavy atom. The van der Waals surface area contributed by atoms with Crippen LogP contribution >= 0.6 is 0 Å². The topological polar surface area (TPSA) is 12.5 Å². The molecule has 0 saturated heterocycles. The molecule has 0 unspecified atom stereocenters. The van der Waals surface area contributed by atoms with Crippen molar-refractivity contribution in [2.24, 2.45) is 0 Å². The molecular weight excluding hydrogens is 142 g/mol. The molecule has 3 heteroatoms. The quantitative estimate of drug-likeness (QED) is 0.539. The van der Waals surface area contributed by atoms with Gasteiger partial charge in [0.2, 0.25) is 0 Å². The van der Waals surface area contributed by atoms with Crippen molar-refractivity contribution in [3.63, 3.8) is 0 Å². The molecule has 0 atom stereocenters. The van der Waals surface area contributed by atoms with Gasteiger partial charge in [0, 0.05) is 6.54 Å². The van der Waals surface area contributed by atoms with Crippen LogP contribution in [0, 0.1) is 0 Å². The highest BCUT2D eigenvalue weighted by atomic mass is 28.2. The molecule has 0 amide bonds. The van der Waals surface area contributed by atoms with Crippen LogP contribution < -0.4 is 0 Å². The number of rotatable bonds is 4. The first kappa shape index (κ1) is 10.1. The van der Waals surface area contributed by atoms with E-state index in [2.05, 4.69) is 32.8 Å². The third kappa shape index (κ3) is 4.96. The van der Waals surface area contributed by atoms with Gasteiger partial charge >= 0.3 is 0 Å². The van der Waals surface area contributed by atoms with Gasteiger partial charge in [-0.25, -0.2) is 0 Å². The van der Waals surface area contributed by atoms with E-state index in [1.54, 1.807) is 0 Å². The molecule has 0 fully saturated rings. The van der Waals surface area contributed by atoms with Crippen molar-refractivity contribution in [2.45, 2.75) is 25.9 Å². The summed E-state index contributed by atoms with van der Waals surface area (Å²) in [5, 5.41) is 0. The van der Waals surface area contributed by atoms with E-state index in [4.69, 9.17) is 4.43 Å². The van der Waals surface area contributed by atoms with Crippen molar-refractivity contribution in [2.75, 3.05) is 20.6 Å². The standard InChI is InChI=1S/C7H19NOSi/c1-7(2,9-10)5-6-8(3)4/h5-6H2,1-4,10H3. The molecule has 0 aliphatic heterocycles. The molecular formula is C7H19NOSi. The van der Waals surface area contributed by atoms with E-state index in [9.17, 15) is 0 Å². The molecule has 10 heavy (non-hydrogen) atoms. The maximum absolute atomic E-state index is 5.40. The predicted molar refractivity (Wildman–Crippen MR) is 48.3 cm³/mol. The molecule has 0 aromatic heterocycles. The van der Waals surface area contributed by atoms with Gasteiger partial charge in [0.05, 0.1) is 5.60 Å². The molecule has 0 N–H and O–H groups in total. The molecule has 62 valence electrons. The van der Waals surface area contributed by atoms with E-state index >= 15 is 0 Å². The Labute approximate surface area is 67.1 Å². The average Bonchev–Trinajstić information content (AvgIpc) is 1.85. The zero-order valence-corrected chi connectivity index (χ0v) is 9.77. The van der Waals surface area contributed by atoms with Gasteiger partial charge in [-0.2, -0.15) is 0 Å². The monoisotopic (exact) mass is 161 g/mol. The van der Waals surface area contributed by atoms with Crippen molar-refractivity contribution in [1.29, 1.82) is 0 Å². The Morgan fingerprint density at radius 3 is 2.20 bits per heavy atom. The summed E-state index contributed by atoms with van der Waals surface area (Å²) in [6.45, 7) is 5.39.